The van der Waals surface area contributed by atoms with E-state index in [1.165, 1.54) is 11.1 Å². The Labute approximate surface area is 147 Å². The second-order valence-electron chi connectivity index (χ2n) is 6.45. The fourth-order valence-electron chi connectivity index (χ4n) is 3.60. The molecule has 130 valence electrons. The smallest absolute Gasteiger partial charge is 0.176 e. The number of fused-ring (bicyclic) bond motifs is 1. The molecule has 1 aromatic carbocycles. The van der Waals surface area contributed by atoms with Gasteiger partial charge in [0, 0.05) is 6.61 Å². The van der Waals surface area contributed by atoms with Crippen LogP contribution in [0.1, 0.15) is 29.8 Å². The van der Waals surface area contributed by atoms with E-state index in [1.807, 2.05) is 18.5 Å². The lowest BCUT2D eigenvalue weighted by Crippen LogP contribution is -2.15. The molecule has 0 spiro atoms. The van der Waals surface area contributed by atoms with Crippen molar-refractivity contribution in [1.82, 2.24) is 24.5 Å². The van der Waals surface area contributed by atoms with Crippen LogP contribution in [0.2, 0.25) is 0 Å². The predicted octanol–water partition coefficient (Wildman–Crippen LogP) is 2.83. The van der Waals surface area contributed by atoms with Crippen molar-refractivity contribution in [3.63, 3.8) is 0 Å². The third-order valence-corrected chi connectivity index (χ3v) is 4.73. The molecule has 25 heavy (non-hydrogen) atoms. The Morgan fingerprint density at radius 2 is 1.96 bits per heavy atom. The molecule has 0 unspecified atom stereocenters. The maximum atomic E-state index is 5.49. The van der Waals surface area contributed by atoms with Gasteiger partial charge in [-0.3, -0.25) is 4.68 Å². The number of aromatic nitrogens is 5. The van der Waals surface area contributed by atoms with E-state index < -0.39 is 0 Å². The standard InChI is InChI=1S/C19H23N5O/c1-3-25-9-8-23-18(10-14(2)22-23)19-20-13-21-24(19)17-11-15-6-4-5-7-16(15)12-17/h4-7,10,13,17H,3,8-9,11-12H2,1-2H3. The van der Waals surface area contributed by atoms with Gasteiger partial charge >= 0.3 is 0 Å². The van der Waals surface area contributed by atoms with Gasteiger partial charge in [-0.15, -0.1) is 0 Å². The molecule has 0 N–H and O–H groups in total. The van der Waals surface area contributed by atoms with E-state index >= 15 is 0 Å². The van der Waals surface area contributed by atoms with Gasteiger partial charge in [0.2, 0.25) is 0 Å². The Bertz CT molecular complexity index is 841. The zero-order valence-electron chi connectivity index (χ0n) is 14.7. The van der Waals surface area contributed by atoms with Crippen LogP contribution < -0.4 is 0 Å². The van der Waals surface area contributed by atoms with Gasteiger partial charge in [0.15, 0.2) is 5.82 Å². The fourth-order valence-corrected chi connectivity index (χ4v) is 3.60. The van der Waals surface area contributed by atoms with E-state index in [9.17, 15) is 0 Å². The SMILES string of the molecule is CCOCCn1nc(C)cc1-c1ncnn1C1Cc2ccccc2C1. The average Bonchev–Trinajstić information content (AvgIpc) is 3.31. The third-order valence-electron chi connectivity index (χ3n) is 4.73. The van der Waals surface area contributed by atoms with E-state index in [4.69, 9.17) is 4.74 Å². The van der Waals surface area contributed by atoms with Crippen LogP contribution in [0.4, 0.5) is 0 Å². The molecule has 3 aromatic rings. The molecule has 6 nitrogen and oxygen atoms in total. The number of hydrogen-bond donors (Lipinski definition) is 0. The van der Waals surface area contributed by atoms with Crippen LogP contribution >= 0.6 is 0 Å². The number of benzene rings is 1. The molecule has 1 aliphatic rings. The predicted molar refractivity (Wildman–Crippen MR) is 95.4 cm³/mol. The highest BCUT2D eigenvalue weighted by molar-refractivity contribution is 5.51. The lowest BCUT2D eigenvalue weighted by atomic mass is 10.1. The number of aryl methyl sites for hydroxylation is 1. The zero-order chi connectivity index (χ0) is 17.2. The first kappa shape index (κ1) is 16.0. The van der Waals surface area contributed by atoms with Crippen LogP contribution in [0.5, 0.6) is 0 Å². The van der Waals surface area contributed by atoms with Gasteiger partial charge in [-0.1, -0.05) is 24.3 Å². The molecule has 2 aromatic heterocycles. The maximum Gasteiger partial charge on any atom is 0.176 e. The molecule has 0 fully saturated rings. The molecular weight excluding hydrogens is 314 g/mol. The van der Waals surface area contributed by atoms with Crippen molar-refractivity contribution < 1.29 is 4.74 Å². The van der Waals surface area contributed by atoms with Crippen LogP contribution in [0.15, 0.2) is 36.7 Å². The van der Waals surface area contributed by atoms with Gasteiger partial charge in [-0.2, -0.15) is 10.2 Å². The summed E-state index contributed by atoms with van der Waals surface area (Å²) < 4.78 is 9.53. The Balaban J connectivity index is 1.63. The normalized spacial score (nSPS) is 14.2. The number of ether oxygens (including phenoxy) is 1. The van der Waals surface area contributed by atoms with Crippen LogP contribution in [-0.2, 0) is 24.1 Å². The topological polar surface area (TPSA) is 57.8 Å². The third kappa shape index (κ3) is 3.09. The summed E-state index contributed by atoms with van der Waals surface area (Å²) in [5.74, 6) is 0.884. The van der Waals surface area contributed by atoms with Crippen molar-refractivity contribution in [2.45, 2.75) is 39.3 Å². The zero-order valence-corrected chi connectivity index (χ0v) is 14.7. The summed E-state index contributed by atoms with van der Waals surface area (Å²) in [6.07, 6.45) is 3.64. The Kier molecular flexibility index (Phi) is 4.36. The van der Waals surface area contributed by atoms with Gasteiger partial charge in [0.1, 0.15) is 12.0 Å². The maximum absolute atomic E-state index is 5.49. The van der Waals surface area contributed by atoms with E-state index in [2.05, 4.69) is 50.2 Å². The first-order valence-corrected chi connectivity index (χ1v) is 8.85. The summed E-state index contributed by atoms with van der Waals surface area (Å²) in [4.78, 5) is 4.55. The van der Waals surface area contributed by atoms with Crippen molar-refractivity contribution in [2.24, 2.45) is 0 Å². The molecule has 4 rings (SSSR count). The van der Waals surface area contributed by atoms with Crippen LogP contribution in [0.3, 0.4) is 0 Å². The molecule has 2 heterocycles. The van der Waals surface area contributed by atoms with E-state index in [0.29, 0.717) is 19.3 Å². The van der Waals surface area contributed by atoms with Gasteiger partial charge in [-0.05, 0) is 43.9 Å². The quantitative estimate of drug-likeness (QED) is 0.649. The Morgan fingerprint density at radius 1 is 1.20 bits per heavy atom. The van der Waals surface area contributed by atoms with E-state index in [1.54, 1.807) is 6.33 Å². The molecule has 1 aliphatic carbocycles. The summed E-state index contributed by atoms with van der Waals surface area (Å²) in [5, 5.41) is 9.14. The van der Waals surface area contributed by atoms with Crippen LogP contribution in [0, 0.1) is 6.92 Å². The van der Waals surface area contributed by atoms with Crippen molar-refractivity contribution >= 4 is 0 Å². The van der Waals surface area contributed by atoms with E-state index in [0.717, 1.165) is 36.6 Å². The first-order chi connectivity index (χ1) is 12.3. The largest absolute Gasteiger partial charge is 0.380 e. The summed E-state index contributed by atoms with van der Waals surface area (Å²) in [6.45, 7) is 6.09. The molecule has 0 atom stereocenters. The Hall–Kier alpha value is -2.47. The molecule has 0 saturated heterocycles. The lowest BCUT2D eigenvalue weighted by Gasteiger charge is -2.14. The van der Waals surface area contributed by atoms with Crippen molar-refractivity contribution in [2.75, 3.05) is 13.2 Å². The summed E-state index contributed by atoms with van der Waals surface area (Å²) in [7, 11) is 0. The van der Waals surface area contributed by atoms with Crippen molar-refractivity contribution in [3.8, 4) is 11.5 Å². The van der Waals surface area contributed by atoms with Crippen molar-refractivity contribution in [1.29, 1.82) is 0 Å². The van der Waals surface area contributed by atoms with Gasteiger partial charge in [0.05, 0.1) is 24.9 Å². The molecule has 0 bridgehead atoms. The van der Waals surface area contributed by atoms with E-state index in [-0.39, 0.29) is 0 Å². The highest BCUT2D eigenvalue weighted by atomic mass is 16.5. The minimum atomic E-state index is 0.311. The van der Waals surface area contributed by atoms with Crippen LogP contribution in [0.25, 0.3) is 11.5 Å². The highest BCUT2D eigenvalue weighted by Crippen LogP contribution is 2.32. The second-order valence-corrected chi connectivity index (χ2v) is 6.45. The number of hydrogen-bond acceptors (Lipinski definition) is 4. The van der Waals surface area contributed by atoms with Crippen LogP contribution in [-0.4, -0.2) is 37.8 Å². The fraction of sp³-hybridized carbons (Fsp3) is 0.421. The Morgan fingerprint density at radius 3 is 2.68 bits per heavy atom. The lowest BCUT2D eigenvalue weighted by molar-refractivity contribution is 0.136. The summed E-state index contributed by atoms with van der Waals surface area (Å²) in [6, 6.07) is 11.0. The minimum absolute atomic E-state index is 0.311. The van der Waals surface area contributed by atoms with Gasteiger partial charge < -0.3 is 4.74 Å². The average molecular weight is 337 g/mol. The second kappa shape index (κ2) is 6.80. The molecule has 0 radical (unpaired) electrons. The molecule has 0 saturated carbocycles. The molecular formula is C19H23N5O. The number of rotatable bonds is 6. The first-order valence-electron chi connectivity index (χ1n) is 8.85. The molecule has 6 heteroatoms. The summed E-state index contributed by atoms with van der Waals surface area (Å²) >= 11 is 0. The highest BCUT2D eigenvalue weighted by Gasteiger charge is 2.26. The minimum Gasteiger partial charge on any atom is -0.380 e. The summed E-state index contributed by atoms with van der Waals surface area (Å²) in [5.41, 5.74) is 4.81. The van der Waals surface area contributed by atoms with Gasteiger partial charge in [0.25, 0.3) is 0 Å². The molecule has 0 aliphatic heterocycles. The van der Waals surface area contributed by atoms with Crippen molar-refractivity contribution in [3.05, 3.63) is 53.5 Å². The van der Waals surface area contributed by atoms with Gasteiger partial charge in [-0.25, -0.2) is 9.67 Å². The number of nitrogens with zero attached hydrogens (tertiary/aromatic N) is 5. The monoisotopic (exact) mass is 337 g/mol. The molecule has 0 amide bonds.